The molecular formula is C7H11N3. The number of rotatable bonds is 2. The van der Waals surface area contributed by atoms with Crippen molar-refractivity contribution in [3.05, 3.63) is 24.5 Å². The van der Waals surface area contributed by atoms with Crippen molar-refractivity contribution in [2.45, 2.75) is 13.0 Å². The van der Waals surface area contributed by atoms with Crippen LogP contribution in [0.4, 0.5) is 0 Å². The summed E-state index contributed by atoms with van der Waals surface area (Å²) < 4.78 is 1.64. The van der Waals surface area contributed by atoms with E-state index >= 15 is 0 Å². The van der Waals surface area contributed by atoms with Gasteiger partial charge in [0, 0.05) is 24.0 Å². The number of aromatic nitrogens is 2. The fraction of sp³-hybridized carbons (Fsp3) is 0.286. The van der Waals surface area contributed by atoms with E-state index in [9.17, 15) is 0 Å². The van der Waals surface area contributed by atoms with Crippen molar-refractivity contribution in [3.63, 3.8) is 0 Å². The van der Waals surface area contributed by atoms with Gasteiger partial charge in [-0.25, -0.2) is 4.68 Å². The molecule has 0 amide bonds. The fourth-order valence-electron chi connectivity index (χ4n) is 0.688. The summed E-state index contributed by atoms with van der Waals surface area (Å²) in [6.45, 7) is 5.48. The minimum Gasteiger partial charge on any atom is -0.324 e. The first-order valence-corrected chi connectivity index (χ1v) is 3.16. The van der Waals surface area contributed by atoms with Crippen LogP contribution in [0.15, 0.2) is 19.0 Å². The Morgan fingerprint density at radius 2 is 2.60 bits per heavy atom. The molecule has 0 fully saturated rings. The zero-order valence-electron chi connectivity index (χ0n) is 5.99. The SMILES string of the molecule is C=Cn1cc([C@@H](C)N)cn1. The smallest absolute Gasteiger partial charge is 0.0541 e. The molecular weight excluding hydrogens is 126 g/mol. The standard InChI is InChI=1S/C7H11N3/c1-3-10-5-7(4-9-10)6(2)8/h3-6H,1,8H2,2H3/t6-/m1/s1. The summed E-state index contributed by atoms with van der Waals surface area (Å²) in [5.41, 5.74) is 6.62. The maximum absolute atomic E-state index is 5.59. The summed E-state index contributed by atoms with van der Waals surface area (Å²) in [4.78, 5) is 0. The van der Waals surface area contributed by atoms with Gasteiger partial charge in [0.15, 0.2) is 0 Å². The topological polar surface area (TPSA) is 43.8 Å². The molecule has 0 aliphatic heterocycles. The van der Waals surface area contributed by atoms with Crippen molar-refractivity contribution < 1.29 is 0 Å². The van der Waals surface area contributed by atoms with Crippen LogP contribution in [-0.2, 0) is 0 Å². The number of hydrogen-bond acceptors (Lipinski definition) is 2. The zero-order valence-corrected chi connectivity index (χ0v) is 5.99. The second-order valence-electron chi connectivity index (χ2n) is 2.22. The molecule has 1 atom stereocenters. The quantitative estimate of drug-likeness (QED) is 0.661. The van der Waals surface area contributed by atoms with Crippen LogP contribution in [-0.4, -0.2) is 9.78 Å². The lowest BCUT2D eigenvalue weighted by Gasteiger charge is -1.96. The molecule has 0 saturated heterocycles. The predicted molar refractivity (Wildman–Crippen MR) is 41.2 cm³/mol. The van der Waals surface area contributed by atoms with E-state index in [1.54, 1.807) is 17.1 Å². The lowest BCUT2D eigenvalue weighted by atomic mass is 10.2. The fourth-order valence-corrected chi connectivity index (χ4v) is 0.688. The van der Waals surface area contributed by atoms with Gasteiger partial charge < -0.3 is 5.73 Å². The van der Waals surface area contributed by atoms with Crippen LogP contribution in [0, 0.1) is 0 Å². The number of nitrogens with two attached hydrogens (primary N) is 1. The molecule has 0 unspecified atom stereocenters. The van der Waals surface area contributed by atoms with E-state index in [1.165, 1.54) is 0 Å². The molecule has 0 spiro atoms. The van der Waals surface area contributed by atoms with E-state index in [0.717, 1.165) is 5.56 Å². The molecule has 1 rings (SSSR count). The van der Waals surface area contributed by atoms with Crippen molar-refractivity contribution >= 4 is 6.20 Å². The average Bonchev–Trinajstić information content (AvgIpc) is 2.34. The van der Waals surface area contributed by atoms with Gasteiger partial charge in [-0.05, 0) is 6.92 Å². The first kappa shape index (κ1) is 7.02. The number of nitrogens with zero attached hydrogens (tertiary/aromatic N) is 2. The van der Waals surface area contributed by atoms with E-state index in [0.29, 0.717) is 0 Å². The van der Waals surface area contributed by atoms with Crippen LogP contribution >= 0.6 is 0 Å². The summed E-state index contributed by atoms with van der Waals surface area (Å²) in [6, 6.07) is 0.0497. The second-order valence-corrected chi connectivity index (χ2v) is 2.22. The molecule has 0 saturated carbocycles. The van der Waals surface area contributed by atoms with Crippen molar-refractivity contribution in [1.29, 1.82) is 0 Å². The molecule has 1 aromatic heterocycles. The molecule has 3 heteroatoms. The minimum atomic E-state index is 0.0497. The summed E-state index contributed by atoms with van der Waals surface area (Å²) in [7, 11) is 0. The summed E-state index contributed by atoms with van der Waals surface area (Å²) >= 11 is 0. The van der Waals surface area contributed by atoms with Crippen LogP contribution in [0.3, 0.4) is 0 Å². The Kier molecular flexibility index (Phi) is 1.87. The molecule has 0 aliphatic rings. The first-order chi connectivity index (χ1) is 4.74. The van der Waals surface area contributed by atoms with Gasteiger partial charge in [0.25, 0.3) is 0 Å². The molecule has 54 valence electrons. The zero-order chi connectivity index (χ0) is 7.56. The highest BCUT2D eigenvalue weighted by Gasteiger charge is 1.99. The van der Waals surface area contributed by atoms with Gasteiger partial charge in [-0.2, -0.15) is 5.10 Å². The highest BCUT2D eigenvalue weighted by molar-refractivity contribution is 5.19. The van der Waals surface area contributed by atoms with Crippen LogP contribution in [0.5, 0.6) is 0 Å². The molecule has 0 radical (unpaired) electrons. The van der Waals surface area contributed by atoms with E-state index < -0.39 is 0 Å². The lowest BCUT2D eigenvalue weighted by Crippen LogP contribution is -2.02. The van der Waals surface area contributed by atoms with E-state index in [2.05, 4.69) is 11.7 Å². The van der Waals surface area contributed by atoms with E-state index in [-0.39, 0.29) is 6.04 Å². The van der Waals surface area contributed by atoms with Gasteiger partial charge >= 0.3 is 0 Å². The van der Waals surface area contributed by atoms with Crippen molar-refractivity contribution in [1.82, 2.24) is 9.78 Å². The minimum absolute atomic E-state index is 0.0497. The van der Waals surface area contributed by atoms with Crippen molar-refractivity contribution in [2.75, 3.05) is 0 Å². The Balaban J connectivity index is 2.88. The Bertz CT molecular complexity index is 225. The third-order valence-electron chi connectivity index (χ3n) is 1.33. The Morgan fingerprint density at radius 1 is 1.90 bits per heavy atom. The summed E-state index contributed by atoms with van der Waals surface area (Å²) in [6.07, 6.45) is 5.23. The first-order valence-electron chi connectivity index (χ1n) is 3.16. The van der Waals surface area contributed by atoms with Crippen molar-refractivity contribution in [3.8, 4) is 0 Å². The Labute approximate surface area is 60.1 Å². The van der Waals surface area contributed by atoms with E-state index in [1.807, 2.05) is 13.1 Å². The maximum Gasteiger partial charge on any atom is 0.0541 e. The third kappa shape index (κ3) is 1.25. The molecule has 2 N–H and O–H groups in total. The summed E-state index contributed by atoms with van der Waals surface area (Å²) in [5.74, 6) is 0. The molecule has 1 heterocycles. The highest BCUT2D eigenvalue weighted by Crippen LogP contribution is 2.06. The summed E-state index contributed by atoms with van der Waals surface area (Å²) in [5, 5.41) is 3.97. The largest absolute Gasteiger partial charge is 0.324 e. The third-order valence-corrected chi connectivity index (χ3v) is 1.33. The van der Waals surface area contributed by atoms with Gasteiger partial charge in [0.05, 0.1) is 6.20 Å². The van der Waals surface area contributed by atoms with E-state index in [4.69, 9.17) is 5.73 Å². The van der Waals surface area contributed by atoms with Crippen molar-refractivity contribution in [2.24, 2.45) is 5.73 Å². The molecule has 0 aliphatic carbocycles. The molecule has 0 bridgehead atoms. The molecule has 1 aromatic rings. The van der Waals surface area contributed by atoms with Gasteiger partial charge in [0.1, 0.15) is 0 Å². The lowest BCUT2D eigenvalue weighted by molar-refractivity contribution is 0.818. The monoisotopic (exact) mass is 137 g/mol. The van der Waals surface area contributed by atoms with Crippen LogP contribution in [0.1, 0.15) is 18.5 Å². The average molecular weight is 137 g/mol. The number of hydrogen-bond donors (Lipinski definition) is 1. The van der Waals surface area contributed by atoms with Crippen LogP contribution < -0.4 is 5.73 Å². The maximum atomic E-state index is 5.59. The highest BCUT2D eigenvalue weighted by atomic mass is 15.2. The Hall–Kier alpha value is -1.09. The molecule has 3 nitrogen and oxygen atoms in total. The normalized spacial score (nSPS) is 13.0. The second kappa shape index (κ2) is 2.66. The predicted octanol–water partition coefficient (Wildman–Crippen LogP) is 1.00. The molecule has 0 aromatic carbocycles. The van der Waals surface area contributed by atoms with Crippen LogP contribution in [0.25, 0.3) is 6.20 Å². The van der Waals surface area contributed by atoms with Crippen LogP contribution in [0.2, 0.25) is 0 Å². The Morgan fingerprint density at radius 3 is 2.90 bits per heavy atom. The van der Waals surface area contributed by atoms with Gasteiger partial charge in [0.2, 0.25) is 0 Å². The van der Waals surface area contributed by atoms with Gasteiger partial charge in [-0.3, -0.25) is 0 Å². The molecule has 10 heavy (non-hydrogen) atoms. The van der Waals surface area contributed by atoms with Gasteiger partial charge in [-0.15, -0.1) is 0 Å². The van der Waals surface area contributed by atoms with Gasteiger partial charge in [-0.1, -0.05) is 6.58 Å².